The molecule has 0 radical (unpaired) electrons. The third-order valence-corrected chi connectivity index (χ3v) is 6.73. The first-order valence-electron chi connectivity index (χ1n) is 10.2. The molecule has 1 spiro atoms. The van der Waals surface area contributed by atoms with Gasteiger partial charge in [0.05, 0.1) is 31.3 Å². The van der Waals surface area contributed by atoms with E-state index in [-0.39, 0.29) is 18.0 Å². The first-order chi connectivity index (χ1) is 13.4. The maximum Gasteiger partial charge on any atom is 0.315 e. The molecule has 5 nitrogen and oxygen atoms in total. The predicted molar refractivity (Wildman–Crippen MR) is 105 cm³/mol. The summed E-state index contributed by atoms with van der Waals surface area (Å²) in [6.45, 7) is 5.21. The van der Waals surface area contributed by atoms with Crippen molar-refractivity contribution >= 4 is 11.9 Å². The van der Waals surface area contributed by atoms with Crippen LogP contribution >= 0.6 is 0 Å². The number of methoxy groups -OCH3 is 1. The van der Waals surface area contributed by atoms with Gasteiger partial charge in [-0.15, -0.1) is 0 Å². The summed E-state index contributed by atoms with van der Waals surface area (Å²) in [5.41, 5.74) is 0.884. The highest BCUT2D eigenvalue weighted by Gasteiger charge is 2.76. The van der Waals surface area contributed by atoms with Crippen molar-refractivity contribution in [2.45, 2.75) is 57.8 Å². The highest BCUT2D eigenvalue weighted by atomic mass is 16.6. The number of amides is 1. The van der Waals surface area contributed by atoms with Gasteiger partial charge in [-0.1, -0.05) is 42.0 Å². The predicted octanol–water partition coefficient (Wildman–Crippen LogP) is 3.48. The zero-order valence-corrected chi connectivity index (χ0v) is 16.9. The molecular formula is C23H29NO4. The number of benzene rings is 1. The molecule has 4 rings (SSSR count). The molecule has 28 heavy (non-hydrogen) atoms. The Morgan fingerprint density at radius 2 is 2.07 bits per heavy atom. The van der Waals surface area contributed by atoms with Gasteiger partial charge in [0, 0.05) is 6.54 Å². The van der Waals surface area contributed by atoms with E-state index >= 15 is 0 Å². The first-order valence-corrected chi connectivity index (χ1v) is 10.2. The Balaban J connectivity index is 1.66. The number of hydrogen-bond acceptors (Lipinski definition) is 4. The molecule has 0 N–H and O–H groups in total. The van der Waals surface area contributed by atoms with Gasteiger partial charge in [0.25, 0.3) is 0 Å². The molecule has 3 saturated heterocycles. The smallest absolute Gasteiger partial charge is 0.315 e. The van der Waals surface area contributed by atoms with E-state index in [1.165, 1.54) is 12.7 Å². The van der Waals surface area contributed by atoms with Crippen molar-refractivity contribution < 1.29 is 19.1 Å². The zero-order chi connectivity index (χ0) is 19.9. The van der Waals surface area contributed by atoms with Crippen molar-refractivity contribution in [2.75, 3.05) is 13.7 Å². The van der Waals surface area contributed by atoms with E-state index in [0.717, 1.165) is 24.8 Å². The van der Waals surface area contributed by atoms with Gasteiger partial charge in [-0.2, -0.15) is 0 Å². The molecule has 3 aliphatic heterocycles. The molecule has 0 aliphatic carbocycles. The molecule has 3 aliphatic rings. The Kier molecular flexibility index (Phi) is 4.82. The Bertz CT molecular complexity index is 800. The van der Waals surface area contributed by atoms with Gasteiger partial charge in [-0.25, -0.2) is 0 Å². The van der Waals surface area contributed by atoms with Crippen LogP contribution in [0.15, 0.2) is 42.0 Å². The Labute approximate surface area is 166 Å². The summed E-state index contributed by atoms with van der Waals surface area (Å²) in [6, 6.07) is 9.99. The topological polar surface area (TPSA) is 55.8 Å². The maximum atomic E-state index is 13.5. The van der Waals surface area contributed by atoms with Crippen LogP contribution in [-0.2, 0) is 25.6 Å². The molecule has 0 aromatic heterocycles. The number of fused-ring (bicyclic) bond motifs is 1. The van der Waals surface area contributed by atoms with Crippen LogP contribution in [0.25, 0.3) is 0 Å². The van der Waals surface area contributed by atoms with E-state index < -0.39 is 16.9 Å². The number of rotatable bonds is 6. The molecule has 1 amide bonds. The fourth-order valence-corrected chi connectivity index (χ4v) is 5.63. The third kappa shape index (κ3) is 2.79. The van der Waals surface area contributed by atoms with Crippen LogP contribution in [0.3, 0.4) is 0 Å². The van der Waals surface area contributed by atoms with Gasteiger partial charge in [-0.3, -0.25) is 9.59 Å². The summed E-state index contributed by atoms with van der Waals surface area (Å²) in [5, 5.41) is 0. The lowest BCUT2D eigenvalue weighted by Gasteiger charge is -2.38. The fraction of sp³-hybridized carbons (Fsp3) is 0.565. The Morgan fingerprint density at radius 1 is 1.32 bits per heavy atom. The monoisotopic (exact) mass is 383 g/mol. The van der Waals surface area contributed by atoms with Gasteiger partial charge >= 0.3 is 5.97 Å². The van der Waals surface area contributed by atoms with Crippen LogP contribution in [0.5, 0.6) is 0 Å². The molecule has 4 atom stereocenters. The minimum Gasteiger partial charge on any atom is -0.468 e. The van der Waals surface area contributed by atoms with Crippen molar-refractivity contribution in [2.24, 2.45) is 11.3 Å². The number of allylic oxidation sites excluding steroid dienone is 2. The average molecular weight is 383 g/mol. The van der Waals surface area contributed by atoms with Crippen LogP contribution in [-0.4, -0.2) is 42.1 Å². The molecular weight excluding hydrogens is 354 g/mol. The third-order valence-electron chi connectivity index (χ3n) is 6.73. The second kappa shape index (κ2) is 7.03. The average Bonchev–Trinajstić information content (AvgIpc) is 3.30. The first kappa shape index (κ1) is 19.2. The number of hydrogen-bond donors (Lipinski definition) is 0. The van der Waals surface area contributed by atoms with E-state index in [2.05, 4.69) is 6.08 Å². The molecule has 2 bridgehead atoms. The summed E-state index contributed by atoms with van der Waals surface area (Å²) in [7, 11) is 1.42. The molecule has 3 fully saturated rings. The molecule has 0 saturated carbocycles. The highest BCUT2D eigenvalue weighted by Crippen LogP contribution is 2.63. The van der Waals surface area contributed by atoms with Crippen LogP contribution in [0.1, 0.15) is 45.1 Å². The van der Waals surface area contributed by atoms with E-state index in [4.69, 9.17) is 9.47 Å². The highest BCUT2D eigenvalue weighted by molar-refractivity contribution is 5.92. The van der Waals surface area contributed by atoms with Crippen LogP contribution < -0.4 is 0 Å². The van der Waals surface area contributed by atoms with Gasteiger partial charge in [0.1, 0.15) is 5.41 Å². The minimum absolute atomic E-state index is 0.0358. The molecule has 5 heteroatoms. The number of esters is 1. The summed E-state index contributed by atoms with van der Waals surface area (Å²) < 4.78 is 11.7. The van der Waals surface area contributed by atoms with Gasteiger partial charge < -0.3 is 14.4 Å². The van der Waals surface area contributed by atoms with Gasteiger partial charge in [-0.05, 0) is 45.1 Å². The number of carbonyl (C=O) groups is 2. The second-order valence-electron chi connectivity index (χ2n) is 8.67. The van der Waals surface area contributed by atoms with Crippen LogP contribution in [0.4, 0.5) is 0 Å². The number of carbonyl (C=O) groups excluding carboxylic acids is 2. The SMILES string of the molecule is COC(=O)[C@]1(CCC=C(C)C)[C@H]2CC[C@]3(CN(Cc4ccccc4)C(=O)[C@@H]31)O2. The summed E-state index contributed by atoms with van der Waals surface area (Å²) >= 11 is 0. The number of ether oxygens (including phenoxy) is 2. The lowest BCUT2D eigenvalue weighted by atomic mass is 9.60. The standard InChI is InChI=1S/C23H29NO4/c1-16(2)8-7-12-23(21(26)27-3)18-11-13-22(28-18)15-24(20(25)19(22)23)14-17-9-5-4-6-10-17/h4-6,8-10,18-19H,7,11-15H2,1-3H3/t18-,19+,22-,23-/m1/s1. The Hall–Kier alpha value is -2.14. The molecule has 3 heterocycles. The summed E-state index contributed by atoms with van der Waals surface area (Å²) in [5.74, 6) is -0.699. The second-order valence-corrected chi connectivity index (χ2v) is 8.67. The minimum atomic E-state index is -0.874. The lowest BCUT2D eigenvalue weighted by molar-refractivity contribution is -0.163. The quantitative estimate of drug-likeness (QED) is 0.557. The normalized spacial score (nSPS) is 33.1. The van der Waals surface area contributed by atoms with E-state index in [1.54, 1.807) is 0 Å². The summed E-state index contributed by atoms with van der Waals surface area (Å²) in [4.78, 5) is 28.5. The van der Waals surface area contributed by atoms with Crippen LogP contribution in [0.2, 0.25) is 0 Å². The van der Waals surface area contributed by atoms with Crippen molar-refractivity contribution in [3.63, 3.8) is 0 Å². The van der Waals surface area contributed by atoms with Crippen molar-refractivity contribution in [3.05, 3.63) is 47.5 Å². The lowest BCUT2D eigenvalue weighted by Crippen LogP contribution is -2.52. The zero-order valence-electron chi connectivity index (χ0n) is 16.9. The number of nitrogens with zero attached hydrogens (tertiary/aromatic N) is 1. The van der Waals surface area contributed by atoms with Crippen molar-refractivity contribution in [3.8, 4) is 0 Å². The van der Waals surface area contributed by atoms with Gasteiger partial charge in [0.2, 0.25) is 5.91 Å². The summed E-state index contributed by atoms with van der Waals surface area (Å²) in [6.07, 6.45) is 4.89. The molecule has 0 unspecified atom stereocenters. The largest absolute Gasteiger partial charge is 0.468 e. The van der Waals surface area contributed by atoms with Crippen molar-refractivity contribution in [1.82, 2.24) is 4.90 Å². The fourth-order valence-electron chi connectivity index (χ4n) is 5.63. The number of likely N-dealkylation sites (tertiary alicyclic amines) is 1. The molecule has 1 aromatic rings. The van der Waals surface area contributed by atoms with E-state index in [1.807, 2.05) is 49.1 Å². The van der Waals surface area contributed by atoms with E-state index in [9.17, 15) is 9.59 Å². The molecule has 1 aromatic carbocycles. The van der Waals surface area contributed by atoms with Gasteiger partial charge in [0.15, 0.2) is 0 Å². The maximum absolute atomic E-state index is 13.5. The Morgan fingerprint density at radius 3 is 2.75 bits per heavy atom. The van der Waals surface area contributed by atoms with Crippen LogP contribution in [0, 0.1) is 11.3 Å². The van der Waals surface area contributed by atoms with Crippen molar-refractivity contribution in [1.29, 1.82) is 0 Å². The van der Waals surface area contributed by atoms with E-state index in [0.29, 0.717) is 19.5 Å². The molecule has 150 valence electrons.